The van der Waals surface area contributed by atoms with Crippen molar-refractivity contribution in [3.63, 3.8) is 0 Å². The van der Waals surface area contributed by atoms with Gasteiger partial charge in [-0.2, -0.15) is 0 Å². The van der Waals surface area contributed by atoms with Crippen molar-refractivity contribution in [3.05, 3.63) is 63.3 Å². The SMILES string of the molecule is CCc1ccccc1N(C(C)=O)c1nc(CN(C)C(C)c2cccs2)cs1. The van der Waals surface area contributed by atoms with E-state index >= 15 is 0 Å². The van der Waals surface area contributed by atoms with E-state index in [2.05, 4.69) is 54.8 Å². The quantitative estimate of drug-likeness (QED) is 0.515. The van der Waals surface area contributed by atoms with E-state index in [4.69, 9.17) is 4.98 Å². The van der Waals surface area contributed by atoms with Gasteiger partial charge >= 0.3 is 0 Å². The lowest BCUT2D eigenvalue weighted by Crippen LogP contribution is -2.24. The van der Waals surface area contributed by atoms with Gasteiger partial charge in [-0.15, -0.1) is 22.7 Å². The van der Waals surface area contributed by atoms with Gasteiger partial charge in [-0.25, -0.2) is 4.98 Å². The number of thiophene rings is 1. The molecule has 0 saturated carbocycles. The Morgan fingerprint density at radius 1 is 1.19 bits per heavy atom. The van der Waals surface area contributed by atoms with Crippen LogP contribution in [0, 0.1) is 0 Å². The molecule has 1 aromatic carbocycles. The Hall–Kier alpha value is -2.02. The lowest BCUT2D eigenvalue weighted by atomic mass is 10.1. The minimum atomic E-state index is -0.0166. The zero-order chi connectivity index (χ0) is 19.4. The molecule has 3 aromatic rings. The molecule has 0 bridgehead atoms. The number of aryl methyl sites for hydroxylation is 1. The van der Waals surface area contributed by atoms with E-state index in [-0.39, 0.29) is 5.91 Å². The van der Waals surface area contributed by atoms with Crippen molar-refractivity contribution < 1.29 is 4.79 Å². The highest BCUT2D eigenvalue weighted by atomic mass is 32.1. The van der Waals surface area contributed by atoms with E-state index < -0.39 is 0 Å². The van der Waals surface area contributed by atoms with Crippen molar-refractivity contribution in [2.75, 3.05) is 11.9 Å². The van der Waals surface area contributed by atoms with E-state index in [1.807, 2.05) is 18.2 Å². The molecule has 27 heavy (non-hydrogen) atoms. The van der Waals surface area contributed by atoms with Gasteiger partial charge < -0.3 is 0 Å². The topological polar surface area (TPSA) is 36.4 Å². The highest BCUT2D eigenvalue weighted by molar-refractivity contribution is 7.14. The summed E-state index contributed by atoms with van der Waals surface area (Å²) < 4.78 is 0. The number of aromatic nitrogens is 1. The van der Waals surface area contributed by atoms with Crippen molar-refractivity contribution in [1.29, 1.82) is 0 Å². The normalized spacial score (nSPS) is 12.3. The Kier molecular flexibility index (Phi) is 6.42. The molecular formula is C21H25N3OS2. The maximum absolute atomic E-state index is 12.4. The van der Waals surface area contributed by atoms with Crippen LogP contribution in [0.1, 0.15) is 42.9 Å². The van der Waals surface area contributed by atoms with Crippen LogP contribution in [0.15, 0.2) is 47.2 Å². The molecule has 2 heterocycles. The van der Waals surface area contributed by atoms with Gasteiger partial charge in [-0.05, 0) is 43.5 Å². The third kappa shape index (κ3) is 4.46. The molecule has 3 rings (SSSR count). The number of para-hydroxylation sites is 1. The summed E-state index contributed by atoms with van der Waals surface area (Å²) in [6.45, 7) is 6.65. The van der Waals surface area contributed by atoms with Gasteiger partial charge in [-0.3, -0.25) is 14.6 Å². The summed E-state index contributed by atoms with van der Waals surface area (Å²) in [6.07, 6.45) is 0.874. The summed E-state index contributed by atoms with van der Waals surface area (Å²) in [7, 11) is 2.11. The van der Waals surface area contributed by atoms with Crippen LogP contribution in [0.2, 0.25) is 0 Å². The van der Waals surface area contributed by atoms with E-state index in [1.54, 1.807) is 23.2 Å². The van der Waals surface area contributed by atoms with Gasteiger partial charge in [0.05, 0.1) is 11.4 Å². The van der Waals surface area contributed by atoms with Crippen LogP contribution in [-0.4, -0.2) is 22.8 Å². The van der Waals surface area contributed by atoms with E-state index in [9.17, 15) is 4.79 Å². The molecule has 6 heteroatoms. The lowest BCUT2D eigenvalue weighted by Gasteiger charge is -2.23. The molecule has 0 fully saturated rings. The number of carbonyl (C=O) groups is 1. The average Bonchev–Trinajstić information content (AvgIpc) is 3.34. The number of thiazole rings is 1. The second kappa shape index (κ2) is 8.78. The summed E-state index contributed by atoms with van der Waals surface area (Å²) in [5.41, 5.74) is 3.06. The maximum atomic E-state index is 12.4. The van der Waals surface area contributed by atoms with Crippen LogP contribution >= 0.6 is 22.7 Å². The zero-order valence-corrected chi connectivity index (χ0v) is 17.8. The fourth-order valence-corrected chi connectivity index (χ4v) is 4.76. The molecule has 4 nitrogen and oxygen atoms in total. The second-order valence-electron chi connectivity index (χ2n) is 6.56. The number of hydrogen-bond acceptors (Lipinski definition) is 5. The fourth-order valence-electron chi connectivity index (χ4n) is 3.05. The minimum absolute atomic E-state index is 0.0166. The van der Waals surface area contributed by atoms with Crippen molar-refractivity contribution in [3.8, 4) is 0 Å². The molecule has 0 spiro atoms. The molecular weight excluding hydrogens is 374 g/mol. The number of rotatable bonds is 7. The summed E-state index contributed by atoms with van der Waals surface area (Å²) in [5, 5.41) is 4.89. The molecule has 1 atom stereocenters. The van der Waals surface area contributed by atoms with Gasteiger partial charge in [0.1, 0.15) is 0 Å². The maximum Gasteiger partial charge on any atom is 0.230 e. The third-order valence-corrected chi connectivity index (χ3v) is 6.60. The molecule has 1 unspecified atom stereocenters. The largest absolute Gasteiger partial charge is 0.293 e. The molecule has 0 N–H and O–H groups in total. The Balaban J connectivity index is 1.81. The molecule has 0 aliphatic rings. The summed E-state index contributed by atoms with van der Waals surface area (Å²) >= 11 is 3.29. The highest BCUT2D eigenvalue weighted by Gasteiger charge is 2.21. The molecule has 0 aliphatic heterocycles. The van der Waals surface area contributed by atoms with Gasteiger partial charge in [0.2, 0.25) is 5.91 Å². The van der Waals surface area contributed by atoms with Gasteiger partial charge in [-0.1, -0.05) is 31.2 Å². The monoisotopic (exact) mass is 399 g/mol. The van der Waals surface area contributed by atoms with E-state index in [0.29, 0.717) is 6.04 Å². The number of benzene rings is 1. The predicted octanol–water partition coefficient (Wildman–Crippen LogP) is 5.64. The summed E-state index contributed by atoms with van der Waals surface area (Å²) in [4.78, 5) is 22.5. The Morgan fingerprint density at radius 3 is 2.63 bits per heavy atom. The van der Waals surface area contributed by atoms with Crippen molar-refractivity contribution in [2.45, 2.75) is 39.8 Å². The second-order valence-corrected chi connectivity index (χ2v) is 8.38. The summed E-state index contributed by atoms with van der Waals surface area (Å²) in [5.74, 6) is -0.0166. The van der Waals surface area contributed by atoms with Crippen molar-refractivity contribution >= 4 is 39.4 Å². The molecule has 142 valence electrons. The van der Waals surface area contributed by atoms with Gasteiger partial charge in [0.15, 0.2) is 5.13 Å². The first-order valence-corrected chi connectivity index (χ1v) is 10.8. The molecule has 0 saturated heterocycles. The highest BCUT2D eigenvalue weighted by Crippen LogP contribution is 2.32. The first kappa shape index (κ1) is 19.7. The average molecular weight is 400 g/mol. The van der Waals surface area contributed by atoms with Crippen LogP contribution < -0.4 is 4.90 Å². The number of nitrogens with zero attached hydrogens (tertiary/aromatic N) is 3. The zero-order valence-electron chi connectivity index (χ0n) is 16.2. The summed E-state index contributed by atoms with van der Waals surface area (Å²) in [6, 6.07) is 12.6. The molecule has 1 amide bonds. The van der Waals surface area contributed by atoms with Crippen molar-refractivity contribution in [1.82, 2.24) is 9.88 Å². The fraction of sp³-hybridized carbons (Fsp3) is 0.333. The third-order valence-electron chi connectivity index (χ3n) is 4.69. The van der Waals surface area contributed by atoms with Crippen LogP contribution in [0.25, 0.3) is 0 Å². The standard InChI is InChI=1S/C21H25N3OS2/c1-5-17-9-6-7-10-19(17)24(16(3)25)21-22-18(14-27-21)13-23(4)15(2)20-11-8-12-26-20/h6-12,14-15H,5,13H2,1-4H3. The van der Waals surface area contributed by atoms with E-state index in [1.165, 1.54) is 16.2 Å². The van der Waals surface area contributed by atoms with E-state index in [0.717, 1.165) is 35.0 Å². The number of carbonyl (C=O) groups excluding carboxylic acids is 1. The van der Waals surface area contributed by atoms with Crippen LogP contribution in [0.5, 0.6) is 0 Å². The van der Waals surface area contributed by atoms with Crippen LogP contribution in [0.4, 0.5) is 10.8 Å². The lowest BCUT2D eigenvalue weighted by molar-refractivity contribution is -0.115. The Labute approximate surface area is 169 Å². The molecule has 0 radical (unpaired) electrons. The van der Waals surface area contributed by atoms with Crippen molar-refractivity contribution in [2.24, 2.45) is 0 Å². The predicted molar refractivity (Wildman–Crippen MR) is 115 cm³/mol. The van der Waals surface area contributed by atoms with Gasteiger partial charge in [0, 0.05) is 29.8 Å². The first-order chi connectivity index (χ1) is 13.0. The Bertz CT molecular complexity index is 888. The number of hydrogen-bond donors (Lipinski definition) is 0. The number of anilines is 2. The molecule has 0 aliphatic carbocycles. The number of amides is 1. The van der Waals surface area contributed by atoms with Crippen LogP contribution in [-0.2, 0) is 17.8 Å². The first-order valence-electron chi connectivity index (χ1n) is 9.08. The minimum Gasteiger partial charge on any atom is -0.293 e. The molecule has 2 aromatic heterocycles. The Morgan fingerprint density at radius 2 is 1.96 bits per heavy atom. The van der Waals surface area contributed by atoms with Crippen LogP contribution in [0.3, 0.4) is 0 Å². The van der Waals surface area contributed by atoms with Gasteiger partial charge in [0.25, 0.3) is 0 Å². The smallest absolute Gasteiger partial charge is 0.230 e.